The molecule has 0 aliphatic carbocycles. The first-order valence-corrected chi connectivity index (χ1v) is 9.01. The number of pyridine rings is 1. The van der Waals surface area contributed by atoms with E-state index in [1.807, 2.05) is 12.1 Å². The van der Waals surface area contributed by atoms with Crippen molar-refractivity contribution in [1.29, 1.82) is 0 Å². The summed E-state index contributed by atoms with van der Waals surface area (Å²) in [7, 11) is -3.70. The maximum atomic E-state index is 13.1. The van der Waals surface area contributed by atoms with Gasteiger partial charge in [-0.2, -0.15) is 0 Å². The number of nitrogens with zero attached hydrogens (tertiary/aromatic N) is 1. The van der Waals surface area contributed by atoms with Gasteiger partial charge in [-0.15, -0.1) is 0 Å². The SMILES string of the molecule is O=S(=O)(NCCc1ccc2c(n1)NCCC2)c1cccc(F)c1. The molecule has 0 saturated carbocycles. The molecule has 0 saturated heterocycles. The van der Waals surface area contributed by atoms with E-state index < -0.39 is 15.8 Å². The minimum Gasteiger partial charge on any atom is -0.370 e. The number of aromatic nitrogens is 1. The van der Waals surface area contributed by atoms with E-state index in [-0.39, 0.29) is 11.4 Å². The second kappa shape index (κ2) is 6.64. The number of benzene rings is 1. The lowest BCUT2D eigenvalue weighted by Crippen LogP contribution is -2.26. The molecule has 122 valence electrons. The molecule has 7 heteroatoms. The van der Waals surface area contributed by atoms with Crippen LogP contribution in [0, 0.1) is 5.82 Å². The van der Waals surface area contributed by atoms with Crippen LogP contribution in [0.4, 0.5) is 10.2 Å². The Balaban J connectivity index is 1.63. The smallest absolute Gasteiger partial charge is 0.240 e. The Kier molecular flexibility index (Phi) is 4.58. The number of nitrogens with one attached hydrogen (secondary N) is 2. The van der Waals surface area contributed by atoms with E-state index in [2.05, 4.69) is 15.0 Å². The number of hydrogen-bond acceptors (Lipinski definition) is 4. The van der Waals surface area contributed by atoms with Crippen LogP contribution in [0.15, 0.2) is 41.3 Å². The number of rotatable bonds is 5. The summed E-state index contributed by atoms with van der Waals surface area (Å²) in [5.41, 5.74) is 2.01. The Morgan fingerprint density at radius 1 is 1.26 bits per heavy atom. The molecule has 2 heterocycles. The van der Waals surface area contributed by atoms with Gasteiger partial charge < -0.3 is 5.32 Å². The standard InChI is InChI=1S/C16H18FN3O2S/c17-13-4-1-5-15(11-13)23(21,22)19-10-8-14-7-6-12-3-2-9-18-16(12)20-14/h1,4-7,11,19H,2-3,8-10H2,(H,18,20). The predicted molar refractivity (Wildman–Crippen MR) is 86.3 cm³/mol. The molecule has 5 nitrogen and oxygen atoms in total. The van der Waals surface area contributed by atoms with Crippen LogP contribution >= 0.6 is 0 Å². The van der Waals surface area contributed by atoms with Gasteiger partial charge in [-0.3, -0.25) is 0 Å². The molecule has 0 bridgehead atoms. The van der Waals surface area contributed by atoms with Gasteiger partial charge in [0.05, 0.1) is 4.90 Å². The fraction of sp³-hybridized carbons (Fsp3) is 0.312. The third-order valence-corrected chi connectivity index (χ3v) is 5.19. The highest BCUT2D eigenvalue weighted by Gasteiger charge is 2.15. The van der Waals surface area contributed by atoms with Crippen molar-refractivity contribution >= 4 is 15.8 Å². The Morgan fingerprint density at radius 3 is 2.96 bits per heavy atom. The Bertz CT molecular complexity index is 809. The summed E-state index contributed by atoms with van der Waals surface area (Å²) in [5.74, 6) is 0.317. The lowest BCUT2D eigenvalue weighted by molar-refractivity contribution is 0.577. The zero-order valence-electron chi connectivity index (χ0n) is 12.5. The predicted octanol–water partition coefficient (Wildman–Crippen LogP) is 2.10. The summed E-state index contributed by atoms with van der Waals surface area (Å²) in [5, 5.41) is 3.25. The first-order valence-electron chi connectivity index (χ1n) is 7.52. The van der Waals surface area contributed by atoms with Crippen LogP contribution in [-0.4, -0.2) is 26.5 Å². The van der Waals surface area contributed by atoms with Crippen LogP contribution in [0.5, 0.6) is 0 Å². The van der Waals surface area contributed by atoms with Crippen molar-refractivity contribution in [3.63, 3.8) is 0 Å². The molecule has 0 spiro atoms. The molecule has 2 aromatic rings. The summed E-state index contributed by atoms with van der Waals surface area (Å²) in [6.45, 7) is 1.13. The lowest BCUT2D eigenvalue weighted by atomic mass is 10.1. The Labute approximate surface area is 135 Å². The van der Waals surface area contributed by atoms with Gasteiger partial charge in [-0.1, -0.05) is 12.1 Å². The molecule has 0 unspecified atom stereocenters. The van der Waals surface area contributed by atoms with Crippen molar-refractivity contribution in [1.82, 2.24) is 9.71 Å². The fourth-order valence-corrected chi connectivity index (χ4v) is 3.60. The van der Waals surface area contributed by atoms with Gasteiger partial charge >= 0.3 is 0 Å². The molecule has 23 heavy (non-hydrogen) atoms. The molecule has 0 amide bonds. The van der Waals surface area contributed by atoms with Crippen molar-refractivity contribution in [3.05, 3.63) is 53.5 Å². The molecule has 0 atom stereocenters. The van der Waals surface area contributed by atoms with Crippen molar-refractivity contribution in [2.24, 2.45) is 0 Å². The molecular formula is C16H18FN3O2S. The van der Waals surface area contributed by atoms with E-state index in [4.69, 9.17) is 0 Å². The highest BCUT2D eigenvalue weighted by Crippen LogP contribution is 2.19. The first kappa shape index (κ1) is 15.9. The van der Waals surface area contributed by atoms with Gasteiger partial charge in [0.1, 0.15) is 11.6 Å². The number of sulfonamides is 1. The van der Waals surface area contributed by atoms with Gasteiger partial charge in [0.15, 0.2) is 0 Å². The van der Waals surface area contributed by atoms with Crippen LogP contribution in [0.3, 0.4) is 0 Å². The van der Waals surface area contributed by atoms with Crippen LogP contribution in [0.25, 0.3) is 0 Å². The lowest BCUT2D eigenvalue weighted by Gasteiger charge is -2.17. The second-order valence-corrected chi connectivity index (χ2v) is 7.21. The minimum atomic E-state index is -3.70. The Hall–Kier alpha value is -1.99. The largest absolute Gasteiger partial charge is 0.370 e. The van der Waals surface area contributed by atoms with Crippen LogP contribution in [-0.2, 0) is 22.9 Å². The number of fused-ring (bicyclic) bond motifs is 1. The van der Waals surface area contributed by atoms with Gasteiger partial charge in [0.2, 0.25) is 10.0 Å². The molecule has 1 aromatic heterocycles. The third kappa shape index (κ3) is 3.86. The average Bonchev–Trinajstić information content (AvgIpc) is 2.54. The van der Waals surface area contributed by atoms with Crippen molar-refractivity contribution in [2.45, 2.75) is 24.2 Å². The van der Waals surface area contributed by atoms with Crippen LogP contribution < -0.4 is 10.0 Å². The van der Waals surface area contributed by atoms with Crippen molar-refractivity contribution in [3.8, 4) is 0 Å². The van der Waals surface area contributed by atoms with E-state index in [9.17, 15) is 12.8 Å². The number of halogens is 1. The van der Waals surface area contributed by atoms with Gasteiger partial charge in [-0.25, -0.2) is 22.5 Å². The molecule has 3 rings (SSSR count). The van der Waals surface area contributed by atoms with Gasteiger partial charge in [0, 0.05) is 25.2 Å². The molecule has 1 aliphatic heterocycles. The van der Waals surface area contributed by atoms with E-state index in [0.29, 0.717) is 6.42 Å². The summed E-state index contributed by atoms with van der Waals surface area (Å²) in [4.78, 5) is 4.44. The van der Waals surface area contributed by atoms with Crippen molar-refractivity contribution < 1.29 is 12.8 Å². The Morgan fingerprint density at radius 2 is 2.13 bits per heavy atom. The monoisotopic (exact) mass is 335 g/mol. The first-order chi connectivity index (χ1) is 11.0. The summed E-state index contributed by atoms with van der Waals surface area (Å²) in [6.07, 6.45) is 2.59. The molecule has 0 radical (unpaired) electrons. The molecule has 2 N–H and O–H groups in total. The zero-order chi connectivity index (χ0) is 16.3. The number of anilines is 1. The average molecular weight is 335 g/mol. The normalized spacial score (nSPS) is 14.1. The maximum absolute atomic E-state index is 13.1. The van der Waals surface area contributed by atoms with Gasteiger partial charge in [0.25, 0.3) is 0 Å². The number of aryl methyl sites for hydroxylation is 1. The van der Waals surface area contributed by atoms with E-state index >= 15 is 0 Å². The molecule has 1 aromatic carbocycles. The fourth-order valence-electron chi connectivity index (χ4n) is 2.54. The molecule has 0 fully saturated rings. The summed E-state index contributed by atoms with van der Waals surface area (Å²) >= 11 is 0. The van der Waals surface area contributed by atoms with E-state index in [1.54, 1.807) is 0 Å². The van der Waals surface area contributed by atoms with Crippen LogP contribution in [0.1, 0.15) is 17.7 Å². The number of hydrogen-bond donors (Lipinski definition) is 2. The summed E-state index contributed by atoms with van der Waals surface area (Å²) < 4.78 is 39.8. The highest BCUT2D eigenvalue weighted by atomic mass is 32.2. The minimum absolute atomic E-state index is 0.0717. The third-order valence-electron chi connectivity index (χ3n) is 3.73. The quantitative estimate of drug-likeness (QED) is 0.878. The van der Waals surface area contributed by atoms with E-state index in [0.717, 1.165) is 37.0 Å². The van der Waals surface area contributed by atoms with Crippen LogP contribution in [0.2, 0.25) is 0 Å². The topological polar surface area (TPSA) is 71.1 Å². The maximum Gasteiger partial charge on any atom is 0.240 e. The highest BCUT2D eigenvalue weighted by molar-refractivity contribution is 7.89. The molecule has 1 aliphatic rings. The summed E-state index contributed by atoms with van der Waals surface area (Å²) in [6, 6.07) is 8.91. The van der Waals surface area contributed by atoms with E-state index in [1.165, 1.54) is 23.8 Å². The second-order valence-electron chi connectivity index (χ2n) is 5.45. The van der Waals surface area contributed by atoms with Gasteiger partial charge in [-0.05, 0) is 42.7 Å². The molecular weight excluding hydrogens is 317 g/mol. The van der Waals surface area contributed by atoms with Crippen molar-refractivity contribution in [2.75, 3.05) is 18.4 Å². The zero-order valence-corrected chi connectivity index (χ0v) is 13.4.